The second-order valence-electron chi connectivity index (χ2n) is 11.5. The van der Waals surface area contributed by atoms with Crippen molar-refractivity contribution in [2.75, 3.05) is 13.7 Å². The van der Waals surface area contributed by atoms with Crippen LogP contribution in [-0.4, -0.2) is 30.0 Å². The van der Waals surface area contributed by atoms with Crippen LogP contribution in [0.15, 0.2) is 47.8 Å². The molecule has 0 saturated heterocycles. The van der Waals surface area contributed by atoms with Crippen molar-refractivity contribution in [3.63, 3.8) is 0 Å². The number of aromatic hydroxyl groups is 2. The number of fused-ring (bicyclic) bond motifs is 2. The quantitative estimate of drug-likeness (QED) is 0.242. The summed E-state index contributed by atoms with van der Waals surface area (Å²) in [5.41, 5.74) is 11.4. The van der Waals surface area contributed by atoms with Crippen LogP contribution in [0.25, 0.3) is 12.2 Å². The van der Waals surface area contributed by atoms with Crippen LogP contribution in [-0.2, 0) is 12.8 Å². The van der Waals surface area contributed by atoms with Gasteiger partial charge in [0.05, 0.1) is 5.70 Å². The fourth-order valence-electron chi connectivity index (χ4n) is 5.63. The Labute approximate surface area is 226 Å². The van der Waals surface area contributed by atoms with Crippen molar-refractivity contribution in [3.8, 4) is 23.0 Å². The van der Waals surface area contributed by atoms with Crippen molar-refractivity contribution < 1.29 is 19.7 Å². The highest BCUT2D eigenvalue weighted by Crippen LogP contribution is 2.50. The molecule has 6 heteroatoms. The summed E-state index contributed by atoms with van der Waals surface area (Å²) in [6, 6.07) is 7.50. The van der Waals surface area contributed by atoms with E-state index in [0.717, 1.165) is 41.5 Å². The van der Waals surface area contributed by atoms with Gasteiger partial charge in [0.1, 0.15) is 24.2 Å². The summed E-state index contributed by atoms with van der Waals surface area (Å²) in [5.74, 6) is 2.01. The van der Waals surface area contributed by atoms with Crippen LogP contribution in [0.3, 0.4) is 0 Å². The van der Waals surface area contributed by atoms with E-state index in [1.54, 1.807) is 25.4 Å². The standard InChI is InChI=1S/C32H42N2O4/c1-20(2)8-11-25-27(35)14-22(16-30(25)37-19-24(33)18-34-5)10-9-21-13-23-17-26-29(7-6-12-32(26,3)4)38-31(23)28(36)15-21/h8-10,13-16,18,26,29,34-36H,6-7,11-12,17,19,33H2,1-5H3/b10-9+,24-18-. The minimum absolute atomic E-state index is 0.168. The van der Waals surface area contributed by atoms with E-state index in [-0.39, 0.29) is 29.6 Å². The van der Waals surface area contributed by atoms with Gasteiger partial charge in [0.15, 0.2) is 11.5 Å². The number of benzene rings is 2. The second kappa shape index (κ2) is 11.5. The third-order valence-electron chi connectivity index (χ3n) is 7.75. The zero-order chi connectivity index (χ0) is 27.4. The zero-order valence-electron chi connectivity index (χ0n) is 23.3. The van der Waals surface area contributed by atoms with Gasteiger partial charge in [0, 0.05) is 24.7 Å². The molecule has 204 valence electrons. The molecule has 1 heterocycles. The number of hydrogen-bond acceptors (Lipinski definition) is 6. The first-order valence-electron chi connectivity index (χ1n) is 13.5. The molecule has 1 saturated carbocycles. The van der Waals surface area contributed by atoms with Crippen molar-refractivity contribution >= 4 is 12.2 Å². The number of phenolic OH excluding ortho intramolecular Hbond substituents is 2. The monoisotopic (exact) mass is 518 g/mol. The van der Waals surface area contributed by atoms with E-state index in [0.29, 0.717) is 35.1 Å². The van der Waals surface area contributed by atoms with E-state index >= 15 is 0 Å². The number of rotatable bonds is 8. The Balaban J connectivity index is 1.61. The number of phenols is 2. The van der Waals surface area contributed by atoms with E-state index in [4.69, 9.17) is 15.2 Å². The topological polar surface area (TPSA) is 97.0 Å². The van der Waals surface area contributed by atoms with Crippen LogP contribution >= 0.6 is 0 Å². The normalized spacial score (nSPS) is 20.3. The van der Waals surface area contributed by atoms with E-state index in [1.165, 1.54) is 6.42 Å². The molecular formula is C32H42N2O4. The molecular weight excluding hydrogens is 476 g/mol. The lowest BCUT2D eigenvalue weighted by atomic mass is 9.64. The summed E-state index contributed by atoms with van der Waals surface area (Å²) in [6.45, 7) is 8.91. The summed E-state index contributed by atoms with van der Waals surface area (Å²) in [5, 5.41) is 24.6. The SMILES string of the molecule is CN/C=C(\N)COc1cc(/C=C/c2cc(O)c3c(c2)CC2C(CCCC2(C)C)O3)cc(O)c1CC=C(C)C. The van der Waals surface area contributed by atoms with Crippen molar-refractivity contribution in [2.24, 2.45) is 17.1 Å². The summed E-state index contributed by atoms with van der Waals surface area (Å²) in [7, 11) is 1.78. The third-order valence-corrected chi connectivity index (χ3v) is 7.75. The largest absolute Gasteiger partial charge is 0.507 e. The molecule has 4 rings (SSSR count). The van der Waals surface area contributed by atoms with Crippen molar-refractivity contribution in [2.45, 2.75) is 65.9 Å². The molecule has 1 aliphatic carbocycles. The maximum atomic E-state index is 10.9. The van der Waals surface area contributed by atoms with Gasteiger partial charge in [-0.05, 0) is 92.3 Å². The first-order valence-corrected chi connectivity index (χ1v) is 13.5. The molecule has 2 aliphatic rings. The molecule has 2 aromatic carbocycles. The van der Waals surface area contributed by atoms with Crippen LogP contribution in [0.2, 0.25) is 0 Å². The minimum atomic E-state index is 0.168. The Morgan fingerprint density at radius 1 is 1.13 bits per heavy atom. The summed E-state index contributed by atoms with van der Waals surface area (Å²) >= 11 is 0. The highest BCUT2D eigenvalue weighted by Gasteiger charge is 2.43. The maximum Gasteiger partial charge on any atom is 0.164 e. The zero-order valence-corrected chi connectivity index (χ0v) is 23.3. The molecule has 0 bridgehead atoms. The maximum absolute atomic E-state index is 10.9. The summed E-state index contributed by atoms with van der Waals surface area (Å²) in [4.78, 5) is 0. The van der Waals surface area contributed by atoms with Crippen molar-refractivity contribution in [3.05, 3.63) is 70.1 Å². The van der Waals surface area contributed by atoms with Gasteiger partial charge < -0.3 is 30.7 Å². The smallest absolute Gasteiger partial charge is 0.164 e. The predicted octanol–water partition coefficient (Wildman–Crippen LogP) is 6.31. The third kappa shape index (κ3) is 6.29. The molecule has 1 aliphatic heterocycles. The highest BCUT2D eigenvalue weighted by atomic mass is 16.5. The lowest BCUT2D eigenvalue weighted by molar-refractivity contribution is -0.00709. The van der Waals surface area contributed by atoms with Crippen LogP contribution in [0.5, 0.6) is 23.0 Å². The second-order valence-corrected chi connectivity index (χ2v) is 11.5. The summed E-state index contributed by atoms with van der Waals surface area (Å²) < 4.78 is 12.3. The van der Waals surface area contributed by atoms with E-state index in [1.807, 2.05) is 32.1 Å². The van der Waals surface area contributed by atoms with Gasteiger partial charge in [-0.2, -0.15) is 0 Å². The van der Waals surface area contributed by atoms with Gasteiger partial charge in [-0.25, -0.2) is 0 Å². The Bertz CT molecular complexity index is 1250. The molecule has 1 fully saturated rings. The molecule has 0 amide bonds. The molecule has 38 heavy (non-hydrogen) atoms. The van der Waals surface area contributed by atoms with Gasteiger partial charge in [-0.1, -0.05) is 37.6 Å². The number of ether oxygens (including phenoxy) is 2. The Morgan fingerprint density at radius 3 is 2.55 bits per heavy atom. The van der Waals surface area contributed by atoms with Crippen molar-refractivity contribution in [1.82, 2.24) is 5.32 Å². The van der Waals surface area contributed by atoms with E-state index in [2.05, 4.69) is 31.3 Å². The molecule has 0 aromatic heterocycles. The van der Waals surface area contributed by atoms with Gasteiger partial charge in [0.25, 0.3) is 0 Å². The number of hydrogen-bond donors (Lipinski definition) is 4. The summed E-state index contributed by atoms with van der Waals surface area (Å²) in [6.07, 6.45) is 12.6. The van der Waals surface area contributed by atoms with Gasteiger partial charge in [-0.3, -0.25) is 0 Å². The molecule has 5 N–H and O–H groups in total. The average Bonchev–Trinajstić information content (AvgIpc) is 2.85. The van der Waals surface area contributed by atoms with E-state index < -0.39 is 0 Å². The van der Waals surface area contributed by atoms with Gasteiger partial charge in [-0.15, -0.1) is 0 Å². The van der Waals surface area contributed by atoms with Crippen LogP contribution < -0.4 is 20.5 Å². The molecule has 2 unspecified atom stereocenters. The predicted molar refractivity (Wildman–Crippen MR) is 154 cm³/mol. The van der Waals surface area contributed by atoms with Crippen molar-refractivity contribution in [1.29, 1.82) is 0 Å². The Morgan fingerprint density at radius 2 is 1.84 bits per heavy atom. The molecule has 0 radical (unpaired) electrons. The fraction of sp³-hybridized carbons (Fsp3) is 0.438. The Kier molecular flexibility index (Phi) is 8.29. The van der Waals surface area contributed by atoms with Crippen LogP contribution in [0.1, 0.15) is 69.2 Å². The highest BCUT2D eigenvalue weighted by molar-refractivity contribution is 5.73. The lowest BCUT2D eigenvalue weighted by Crippen LogP contribution is -2.45. The van der Waals surface area contributed by atoms with E-state index in [9.17, 15) is 10.2 Å². The molecule has 2 aromatic rings. The number of allylic oxidation sites excluding steroid dienone is 2. The molecule has 2 atom stereocenters. The van der Waals surface area contributed by atoms with Gasteiger partial charge >= 0.3 is 0 Å². The minimum Gasteiger partial charge on any atom is -0.507 e. The Hall–Kier alpha value is -3.54. The molecule has 0 spiro atoms. The fourth-order valence-corrected chi connectivity index (χ4v) is 5.63. The lowest BCUT2D eigenvalue weighted by Gasteiger charge is -2.46. The average molecular weight is 519 g/mol. The van der Waals surface area contributed by atoms with Gasteiger partial charge in [0.2, 0.25) is 0 Å². The number of nitrogens with two attached hydrogens (primary N) is 1. The molecule has 6 nitrogen and oxygen atoms in total. The first kappa shape index (κ1) is 27.5. The van der Waals surface area contributed by atoms with Crippen LogP contribution in [0, 0.1) is 11.3 Å². The first-order chi connectivity index (χ1) is 18.1. The van der Waals surface area contributed by atoms with Crippen LogP contribution in [0.4, 0.5) is 0 Å². The number of nitrogens with one attached hydrogen (secondary N) is 1.